The maximum atomic E-state index is 12.9. The number of halogens is 1. The van der Waals surface area contributed by atoms with E-state index in [0.29, 0.717) is 10.2 Å². The Morgan fingerprint density at radius 3 is 2.57 bits per heavy atom. The summed E-state index contributed by atoms with van der Waals surface area (Å²) in [5.41, 5.74) is 1.91. The molecule has 0 atom stereocenters. The van der Waals surface area contributed by atoms with Crippen LogP contribution in [0.15, 0.2) is 52.8 Å². The molecule has 0 aliphatic heterocycles. The molecule has 0 saturated heterocycles. The van der Waals surface area contributed by atoms with E-state index in [0.717, 1.165) is 11.3 Å². The Balaban J connectivity index is 1.78. The van der Waals surface area contributed by atoms with Crippen LogP contribution in [0.5, 0.6) is 0 Å². The van der Waals surface area contributed by atoms with Crippen LogP contribution in [-0.4, -0.2) is 20.2 Å². The Bertz CT molecular complexity index is 789. The van der Waals surface area contributed by atoms with Crippen molar-refractivity contribution in [3.8, 4) is 17.3 Å². The molecule has 0 spiro atoms. The second-order valence-electron chi connectivity index (χ2n) is 4.08. The highest BCUT2D eigenvalue weighted by Gasteiger charge is 2.06. The van der Waals surface area contributed by atoms with Gasteiger partial charge in [0.1, 0.15) is 16.9 Å². The lowest BCUT2D eigenvalue weighted by Crippen LogP contribution is -1.89. The highest BCUT2D eigenvalue weighted by molar-refractivity contribution is 7.99. The number of benzene rings is 1. The van der Waals surface area contributed by atoms with Crippen molar-refractivity contribution in [2.24, 2.45) is 0 Å². The Labute approximate surface area is 123 Å². The first-order chi connectivity index (χ1) is 10.2. The summed E-state index contributed by atoms with van der Waals surface area (Å²) in [5, 5.41) is 17.6. The van der Waals surface area contributed by atoms with Gasteiger partial charge in [0.25, 0.3) is 0 Å². The molecule has 3 aromatic rings. The van der Waals surface area contributed by atoms with Crippen LogP contribution in [0.1, 0.15) is 5.69 Å². The van der Waals surface area contributed by atoms with Gasteiger partial charge in [-0.1, -0.05) is 0 Å². The van der Waals surface area contributed by atoms with Crippen molar-refractivity contribution in [2.45, 2.75) is 10.2 Å². The molecule has 0 bridgehead atoms. The summed E-state index contributed by atoms with van der Waals surface area (Å²) < 4.78 is 12.9. The third-order valence-electron chi connectivity index (χ3n) is 2.66. The number of hydrogen-bond donors (Lipinski definition) is 1. The number of nitrogens with zero attached hydrogens (tertiary/aromatic N) is 4. The smallest absolute Gasteiger partial charge is 0.172 e. The minimum absolute atomic E-state index is 0.269. The first-order valence-corrected chi connectivity index (χ1v) is 6.79. The van der Waals surface area contributed by atoms with Crippen LogP contribution in [0.4, 0.5) is 4.39 Å². The molecule has 0 aliphatic rings. The Kier molecular flexibility index (Phi) is 3.62. The van der Waals surface area contributed by atoms with Gasteiger partial charge >= 0.3 is 0 Å². The highest BCUT2D eigenvalue weighted by Crippen LogP contribution is 2.25. The van der Waals surface area contributed by atoms with E-state index in [2.05, 4.69) is 20.2 Å². The van der Waals surface area contributed by atoms with Crippen molar-refractivity contribution in [3.63, 3.8) is 0 Å². The SMILES string of the molecule is N#Cc1ccc(Sc2ncc(-c3ccc(F)cc3)[nH]2)nn1. The van der Waals surface area contributed by atoms with Gasteiger partial charge in [-0.2, -0.15) is 5.26 Å². The summed E-state index contributed by atoms with van der Waals surface area (Å²) in [6.07, 6.45) is 1.67. The van der Waals surface area contributed by atoms with Crippen LogP contribution in [0.2, 0.25) is 0 Å². The number of nitriles is 1. The molecule has 21 heavy (non-hydrogen) atoms. The van der Waals surface area contributed by atoms with E-state index in [9.17, 15) is 4.39 Å². The number of imidazole rings is 1. The molecule has 1 aromatic carbocycles. The van der Waals surface area contributed by atoms with Crippen molar-refractivity contribution in [1.29, 1.82) is 5.26 Å². The van der Waals surface area contributed by atoms with E-state index in [1.165, 1.54) is 23.9 Å². The molecule has 5 nitrogen and oxygen atoms in total. The average Bonchev–Trinajstić information content (AvgIpc) is 2.97. The third kappa shape index (κ3) is 3.07. The van der Waals surface area contributed by atoms with Gasteiger partial charge in [0.2, 0.25) is 0 Å². The molecular weight excluding hydrogens is 289 g/mol. The number of aromatic nitrogens is 4. The van der Waals surface area contributed by atoms with Gasteiger partial charge < -0.3 is 4.98 Å². The first-order valence-electron chi connectivity index (χ1n) is 5.97. The summed E-state index contributed by atoms with van der Waals surface area (Å²) in [6.45, 7) is 0. The zero-order valence-electron chi connectivity index (χ0n) is 10.6. The maximum absolute atomic E-state index is 12.9. The zero-order chi connectivity index (χ0) is 14.7. The van der Waals surface area contributed by atoms with Gasteiger partial charge in [0.05, 0.1) is 11.9 Å². The minimum atomic E-state index is -0.277. The van der Waals surface area contributed by atoms with Crippen LogP contribution in [0.3, 0.4) is 0 Å². The fourth-order valence-electron chi connectivity index (χ4n) is 1.66. The minimum Gasteiger partial charge on any atom is -0.333 e. The zero-order valence-corrected chi connectivity index (χ0v) is 11.4. The normalized spacial score (nSPS) is 10.3. The Hall–Kier alpha value is -2.72. The predicted molar refractivity (Wildman–Crippen MR) is 74.9 cm³/mol. The van der Waals surface area contributed by atoms with E-state index in [-0.39, 0.29) is 11.5 Å². The Morgan fingerprint density at radius 1 is 1.10 bits per heavy atom. The molecule has 0 unspecified atom stereocenters. The van der Waals surface area contributed by atoms with Gasteiger partial charge in [-0.15, -0.1) is 10.2 Å². The molecule has 7 heteroatoms. The Morgan fingerprint density at radius 2 is 1.90 bits per heavy atom. The third-order valence-corrected chi connectivity index (χ3v) is 3.49. The number of H-pyrrole nitrogens is 1. The number of nitrogens with one attached hydrogen (secondary N) is 1. The van der Waals surface area contributed by atoms with E-state index < -0.39 is 0 Å². The lowest BCUT2D eigenvalue weighted by atomic mass is 10.2. The van der Waals surface area contributed by atoms with Gasteiger partial charge in [0.15, 0.2) is 10.9 Å². The van der Waals surface area contributed by atoms with Crippen molar-refractivity contribution in [1.82, 2.24) is 20.2 Å². The highest BCUT2D eigenvalue weighted by atomic mass is 32.2. The van der Waals surface area contributed by atoms with Crippen LogP contribution < -0.4 is 0 Å². The quantitative estimate of drug-likeness (QED) is 0.804. The van der Waals surface area contributed by atoms with Crippen molar-refractivity contribution in [2.75, 3.05) is 0 Å². The molecule has 2 heterocycles. The molecule has 0 radical (unpaired) electrons. The van der Waals surface area contributed by atoms with Crippen LogP contribution in [-0.2, 0) is 0 Å². The van der Waals surface area contributed by atoms with E-state index in [4.69, 9.17) is 5.26 Å². The fraction of sp³-hybridized carbons (Fsp3) is 0. The van der Waals surface area contributed by atoms with Gasteiger partial charge in [0, 0.05) is 0 Å². The van der Waals surface area contributed by atoms with E-state index in [1.54, 1.807) is 30.5 Å². The lowest BCUT2D eigenvalue weighted by molar-refractivity contribution is 0.628. The number of hydrogen-bond acceptors (Lipinski definition) is 5. The molecule has 0 saturated carbocycles. The summed E-state index contributed by atoms with van der Waals surface area (Å²) in [5.74, 6) is -0.277. The van der Waals surface area contributed by atoms with Gasteiger partial charge in [-0.05, 0) is 53.7 Å². The standard InChI is InChI=1S/C14H8FN5S/c15-10-3-1-9(2-4-10)12-8-17-14(18-12)21-13-6-5-11(7-16)19-20-13/h1-6,8H,(H,17,18). The average molecular weight is 297 g/mol. The van der Waals surface area contributed by atoms with Crippen LogP contribution >= 0.6 is 11.8 Å². The molecule has 0 aliphatic carbocycles. The van der Waals surface area contributed by atoms with Crippen molar-refractivity contribution >= 4 is 11.8 Å². The molecule has 2 aromatic heterocycles. The molecule has 3 rings (SSSR count). The fourth-order valence-corrected chi connectivity index (χ4v) is 2.35. The van der Waals surface area contributed by atoms with Crippen molar-refractivity contribution < 1.29 is 4.39 Å². The number of aromatic amines is 1. The molecular formula is C14H8FN5S. The van der Waals surface area contributed by atoms with Gasteiger partial charge in [-0.3, -0.25) is 0 Å². The van der Waals surface area contributed by atoms with E-state index in [1.807, 2.05) is 6.07 Å². The summed E-state index contributed by atoms with van der Waals surface area (Å²) in [6, 6.07) is 11.4. The predicted octanol–water partition coefficient (Wildman–Crippen LogP) is 3.03. The number of rotatable bonds is 3. The second kappa shape index (κ2) is 5.73. The summed E-state index contributed by atoms with van der Waals surface area (Å²) in [4.78, 5) is 7.36. The van der Waals surface area contributed by atoms with Crippen molar-refractivity contribution in [3.05, 3.63) is 54.1 Å². The van der Waals surface area contributed by atoms with E-state index >= 15 is 0 Å². The molecule has 1 N–H and O–H groups in total. The van der Waals surface area contributed by atoms with Crippen LogP contribution in [0, 0.1) is 17.1 Å². The first kappa shape index (κ1) is 13.3. The molecule has 0 amide bonds. The monoisotopic (exact) mass is 297 g/mol. The maximum Gasteiger partial charge on any atom is 0.172 e. The van der Waals surface area contributed by atoms with Crippen LogP contribution in [0.25, 0.3) is 11.3 Å². The summed E-state index contributed by atoms with van der Waals surface area (Å²) >= 11 is 1.30. The molecule has 102 valence electrons. The van der Waals surface area contributed by atoms with Gasteiger partial charge in [-0.25, -0.2) is 9.37 Å². The molecule has 0 fully saturated rings. The largest absolute Gasteiger partial charge is 0.333 e. The summed E-state index contributed by atoms with van der Waals surface area (Å²) in [7, 11) is 0. The lowest BCUT2D eigenvalue weighted by Gasteiger charge is -1.97. The topological polar surface area (TPSA) is 78.2 Å². The second-order valence-corrected chi connectivity index (χ2v) is 5.09.